The van der Waals surface area contributed by atoms with Crippen LogP contribution in [0.3, 0.4) is 0 Å². The molecule has 10 heteroatoms. The second-order valence-electron chi connectivity index (χ2n) is 5.42. The Balaban J connectivity index is 2.26. The maximum Gasteiger partial charge on any atom is 0.387 e. The number of halogens is 3. The van der Waals surface area contributed by atoms with Gasteiger partial charge < -0.3 is 14.2 Å². The molecule has 0 aliphatic carbocycles. The van der Waals surface area contributed by atoms with Gasteiger partial charge in [-0.3, -0.25) is 0 Å². The molecule has 148 valence electrons. The summed E-state index contributed by atoms with van der Waals surface area (Å²) in [7, 11) is -0.301. The molecular weight excluding hydrogens is 387 g/mol. The number of methoxy groups -OCH3 is 2. The first-order chi connectivity index (χ1) is 12.7. The number of alkyl halides is 2. The first-order valence-electron chi connectivity index (χ1n) is 7.60. The van der Waals surface area contributed by atoms with Crippen molar-refractivity contribution in [2.45, 2.75) is 18.1 Å². The molecule has 0 aromatic heterocycles. The van der Waals surface area contributed by atoms with E-state index in [1.54, 1.807) is 0 Å². The Kier molecular flexibility index (Phi) is 6.55. The summed E-state index contributed by atoms with van der Waals surface area (Å²) in [5.74, 6) is -0.907. The first-order valence-corrected chi connectivity index (χ1v) is 9.04. The molecule has 0 aliphatic heterocycles. The lowest BCUT2D eigenvalue weighted by molar-refractivity contribution is -0.0498. The van der Waals surface area contributed by atoms with Crippen LogP contribution >= 0.6 is 0 Å². The van der Waals surface area contributed by atoms with E-state index in [9.17, 15) is 21.6 Å². The Morgan fingerprint density at radius 1 is 1.04 bits per heavy atom. The van der Waals surface area contributed by atoms with Gasteiger partial charge >= 0.3 is 6.61 Å². The Morgan fingerprint density at radius 2 is 1.59 bits per heavy atom. The zero-order valence-electron chi connectivity index (χ0n) is 14.8. The fraction of sp³-hybridized carbons (Fsp3) is 0.294. The summed E-state index contributed by atoms with van der Waals surface area (Å²) in [6.07, 6.45) is 0. The lowest BCUT2D eigenvalue weighted by Gasteiger charge is -2.19. The SMILES string of the molecule is COc1cc(F)c(S(=O)(=O)N(C)Cc2ccc(OC(F)F)cc2)cc1OC. The van der Waals surface area contributed by atoms with E-state index in [0.717, 1.165) is 16.4 Å². The molecule has 0 N–H and O–H groups in total. The van der Waals surface area contributed by atoms with E-state index in [1.165, 1.54) is 45.5 Å². The van der Waals surface area contributed by atoms with Crippen LogP contribution in [0.1, 0.15) is 5.56 Å². The molecule has 0 aliphatic rings. The number of sulfonamides is 1. The Bertz CT molecular complexity index is 888. The molecule has 0 radical (unpaired) electrons. The number of hydrogen-bond donors (Lipinski definition) is 0. The molecule has 2 rings (SSSR count). The van der Waals surface area contributed by atoms with E-state index in [2.05, 4.69) is 4.74 Å². The molecule has 0 heterocycles. The summed E-state index contributed by atoms with van der Waals surface area (Å²) < 4.78 is 79.2. The van der Waals surface area contributed by atoms with E-state index in [1.807, 2.05) is 0 Å². The molecule has 0 fully saturated rings. The van der Waals surface area contributed by atoms with Gasteiger partial charge in [0.15, 0.2) is 11.5 Å². The lowest BCUT2D eigenvalue weighted by atomic mass is 10.2. The topological polar surface area (TPSA) is 65.1 Å². The van der Waals surface area contributed by atoms with Gasteiger partial charge in [0.2, 0.25) is 10.0 Å². The predicted octanol–water partition coefficient (Wildman–Crippen LogP) is 3.27. The molecule has 27 heavy (non-hydrogen) atoms. The molecule has 2 aromatic carbocycles. The summed E-state index contributed by atoms with van der Waals surface area (Å²) in [5, 5.41) is 0. The summed E-state index contributed by atoms with van der Waals surface area (Å²) in [6, 6.07) is 7.43. The standard InChI is InChI=1S/C17H18F3NO5S/c1-21(10-11-4-6-12(7-5-11)26-17(19)20)27(22,23)16-9-15(25-3)14(24-2)8-13(16)18/h4-9,17H,10H2,1-3H3. The van der Waals surface area contributed by atoms with E-state index in [0.29, 0.717) is 5.56 Å². The average molecular weight is 405 g/mol. The van der Waals surface area contributed by atoms with Crippen molar-refractivity contribution in [3.8, 4) is 17.2 Å². The minimum absolute atomic E-state index is 0.0507. The van der Waals surface area contributed by atoms with Crippen LogP contribution in [0, 0.1) is 5.82 Å². The number of benzene rings is 2. The maximum atomic E-state index is 14.3. The molecule has 0 saturated heterocycles. The molecule has 0 spiro atoms. The quantitative estimate of drug-likeness (QED) is 0.675. The van der Waals surface area contributed by atoms with Crippen molar-refractivity contribution < 1.29 is 35.8 Å². The van der Waals surface area contributed by atoms with Crippen LogP contribution in [0.15, 0.2) is 41.3 Å². The Morgan fingerprint density at radius 3 is 2.11 bits per heavy atom. The predicted molar refractivity (Wildman–Crippen MR) is 91.2 cm³/mol. The van der Waals surface area contributed by atoms with Crippen molar-refractivity contribution in [1.29, 1.82) is 0 Å². The molecule has 0 saturated carbocycles. The van der Waals surface area contributed by atoms with Crippen molar-refractivity contribution >= 4 is 10.0 Å². The second-order valence-corrected chi connectivity index (χ2v) is 7.43. The summed E-state index contributed by atoms with van der Waals surface area (Å²) in [4.78, 5) is -0.569. The smallest absolute Gasteiger partial charge is 0.387 e. The molecule has 0 unspecified atom stereocenters. The average Bonchev–Trinajstić information content (AvgIpc) is 2.62. The largest absolute Gasteiger partial charge is 0.493 e. The lowest BCUT2D eigenvalue weighted by Crippen LogP contribution is -2.27. The number of nitrogens with zero attached hydrogens (tertiary/aromatic N) is 1. The molecule has 0 amide bonds. The fourth-order valence-corrected chi connectivity index (χ4v) is 3.54. The van der Waals surface area contributed by atoms with E-state index >= 15 is 0 Å². The van der Waals surface area contributed by atoms with Gasteiger partial charge in [0, 0.05) is 25.7 Å². The maximum absolute atomic E-state index is 14.3. The number of ether oxygens (including phenoxy) is 3. The van der Waals surface area contributed by atoms with Gasteiger partial charge in [0.05, 0.1) is 14.2 Å². The van der Waals surface area contributed by atoms with Gasteiger partial charge in [-0.25, -0.2) is 12.8 Å². The molecular formula is C17H18F3NO5S. The third-order valence-electron chi connectivity index (χ3n) is 3.68. The Labute approximate surface area is 155 Å². The van der Waals surface area contributed by atoms with Gasteiger partial charge in [-0.1, -0.05) is 12.1 Å². The molecule has 2 aromatic rings. The van der Waals surface area contributed by atoms with Crippen molar-refractivity contribution in [2.75, 3.05) is 21.3 Å². The highest BCUT2D eigenvalue weighted by Gasteiger charge is 2.27. The zero-order valence-corrected chi connectivity index (χ0v) is 15.6. The van der Waals surface area contributed by atoms with E-state index in [-0.39, 0.29) is 23.8 Å². The fourth-order valence-electron chi connectivity index (χ4n) is 2.32. The third-order valence-corrected chi connectivity index (χ3v) is 5.50. The van der Waals surface area contributed by atoms with Crippen LogP contribution in [-0.4, -0.2) is 40.6 Å². The van der Waals surface area contributed by atoms with Gasteiger partial charge in [-0.2, -0.15) is 13.1 Å². The summed E-state index contributed by atoms with van der Waals surface area (Å²) in [6.45, 7) is -3.06. The van der Waals surface area contributed by atoms with Crippen LogP contribution in [0.5, 0.6) is 17.2 Å². The minimum Gasteiger partial charge on any atom is -0.493 e. The third kappa shape index (κ3) is 4.83. The highest BCUT2D eigenvalue weighted by molar-refractivity contribution is 7.89. The monoisotopic (exact) mass is 405 g/mol. The zero-order chi connectivity index (χ0) is 20.2. The van der Waals surface area contributed by atoms with Crippen molar-refractivity contribution in [3.05, 3.63) is 47.8 Å². The molecule has 0 atom stereocenters. The van der Waals surface area contributed by atoms with Crippen LogP contribution in [0.4, 0.5) is 13.2 Å². The van der Waals surface area contributed by atoms with Gasteiger partial charge in [0.1, 0.15) is 16.5 Å². The summed E-state index contributed by atoms with van der Waals surface area (Å²) in [5.41, 5.74) is 0.503. The van der Waals surface area contributed by atoms with Gasteiger partial charge in [-0.05, 0) is 17.7 Å². The second kappa shape index (κ2) is 8.49. The number of rotatable bonds is 8. The normalized spacial score (nSPS) is 11.7. The van der Waals surface area contributed by atoms with E-state index in [4.69, 9.17) is 9.47 Å². The van der Waals surface area contributed by atoms with Crippen LogP contribution in [0.25, 0.3) is 0 Å². The van der Waals surface area contributed by atoms with Gasteiger partial charge in [-0.15, -0.1) is 0 Å². The first kappa shape index (κ1) is 20.8. The van der Waals surface area contributed by atoms with Crippen molar-refractivity contribution in [1.82, 2.24) is 4.31 Å². The van der Waals surface area contributed by atoms with Crippen LogP contribution in [-0.2, 0) is 16.6 Å². The minimum atomic E-state index is -4.18. The van der Waals surface area contributed by atoms with Crippen LogP contribution < -0.4 is 14.2 Å². The van der Waals surface area contributed by atoms with Gasteiger partial charge in [0.25, 0.3) is 0 Å². The van der Waals surface area contributed by atoms with E-state index < -0.39 is 27.3 Å². The Hall–Kier alpha value is -2.46. The van der Waals surface area contributed by atoms with Crippen molar-refractivity contribution in [3.63, 3.8) is 0 Å². The van der Waals surface area contributed by atoms with Crippen molar-refractivity contribution in [2.24, 2.45) is 0 Å². The number of hydrogen-bond acceptors (Lipinski definition) is 5. The highest BCUT2D eigenvalue weighted by Crippen LogP contribution is 2.33. The molecule has 6 nitrogen and oxygen atoms in total. The highest BCUT2D eigenvalue weighted by atomic mass is 32.2. The van der Waals surface area contributed by atoms with Crippen LogP contribution in [0.2, 0.25) is 0 Å². The summed E-state index contributed by atoms with van der Waals surface area (Å²) >= 11 is 0. The molecule has 0 bridgehead atoms.